The fraction of sp³-hybridized carbons (Fsp3) is 0.917. The predicted molar refractivity (Wildman–Crippen MR) is 54.9 cm³/mol. The zero-order valence-electron chi connectivity index (χ0n) is 9.27. The van der Waals surface area contributed by atoms with Crippen LogP contribution >= 0.6 is 0 Å². The van der Waals surface area contributed by atoms with Crippen molar-refractivity contribution in [1.29, 1.82) is 0 Å². The van der Waals surface area contributed by atoms with Crippen molar-refractivity contribution in [2.45, 2.75) is 52.4 Å². The van der Waals surface area contributed by atoms with Crippen LogP contribution in [0.15, 0.2) is 0 Å². The van der Waals surface area contributed by atoms with Crippen LogP contribution in [0.4, 0.5) is 0 Å². The summed E-state index contributed by atoms with van der Waals surface area (Å²) >= 11 is 0. The third-order valence-corrected chi connectivity index (χ3v) is 4.12. The van der Waals surface area contributed by atoms with E-state index in [1.165, 1.54) is 19.3 Å². The van der Waals surface area contributed by atoms with E-state index in [1.807, 2.05) is 6.92 Å². The number of hydrogen-bond acceptors (Lipinski definition) is 2. The molecule has 2 unspecified atom stereocenters. The Morgan fingerprint density at radius 1 is 1.29 bits per heavy atom. The Labute approximate surface area is 86.0 Å². The molecule has 0 aromatic heterocycles. The van der Waals surface area contributed by atoms with Crippen molar-refractivity contribution in [1.82, 2.24) is 0 Å². The van der Waals surface area contributed by atoms with Crippen molar-refractivity contribution in [3.63, 3.8) is 0 Å². The number of rotatable bonds is 2. The third-order valence-electron chi connectivity index (χ3n) is 4.12. The van der Waals surface area contributed by atoms with E-state index in [0.717, 1.165) is 19.3 Å². The Hall–Kier alpha value is -0.530. The van der Waals surface area contributed by atoms with Crippen LogP contribution in [0.2, 0.25) is 0 Å². The van der Waals surface area contributed by atoms with Gasteiger partial charge in [0, 0.05) is 0 Å². The fourth-order valence-corrected chi connectivity index (χ4v) is 3.38. The third kappa shape index (κ3) is 1.45. The molecule has 0 radical (unpaired) electrons. The topological polar surface area (TPSA) is 26.3 Å². The van der Waals surface area contributed by atoms with Crippen LogP contribution in [0.1, 0.15) is 52.4 Å². The predicted octanol–water partition coefficient (Wildman–Crippen LogP) is 2.91. The monoisotopic (exact) mass is 196 g/mol. The first-order valence-corrected chi connectivity index (χ1v) is 5.78. The Bertz CT molecular complexity index is 249. The molecule has 2 bridgehead atoms. The summed E-state index contributed by atoms with van der Waals surface area (Å²) in [6, 6.07) is 0. The van der Waals surface area contributed by atoms with Crippen LogP contribution < -0.4 is 0 Å². The van der Waals surface area contributed by atoms with E-state index in [4.69, 9.17) is 4.74 Å². The van der Waals surface area contributed by atoms with E-state index in [-0.39, 0.29) is 11.4 Å². The minimum Gasteiger partial charge on any atom is -0.466 e. The first-order valence-electron chi connectivity index (χ1n) is 5.78. The molecule has 0 saturated heterocycles. The summed E-state index contributed by atoms with van der Waals surface area (Å²) in [5.41, 5.74) is 0.341. The number of carbonyl (C=O) groups excluding carboxylic acids is 1. The lowest BCUT2D eigenvalue weighted by Crippen LogP contribution is -2.34. The van der Waals surface area contributed by atoms with Gasteiger partial charge in [0.15, 0.2) is 0 Å². The first-order chi connectivity index (χ1) is 6.60. The van der Waals surface area contributed by atoms with Gasteiger partial charge in [-0.1, -0.05) is 13.3 Å². The lowest BCUT2D eigenvalue weighted by atomic mass is 9.70. The van der Waals surface area contributed by atoms with Gasteiger partial charge < -0.3 is 4.74 Å². The van der Waals surface area contributed by atoms with Crippen LogP contribution in [-0.2, 0) is 9.53 Å². The summed E-state index contributed by atoms with van der Waals surface area (Å²) in [5, 5.41) is 0. The molecule has 80 valence electrons. The average molecular weight is 196 g/mol. The minimum atomic E-state index is -0.0942. The lowest BCUT2D eigenvalue weighted by molar-refractivity contribution is -0.157. The van der Waals surface area contributed by atoms with Crippen molar-refractivity contribution in [2.75, 3.05) is 6.61 Å². The maximum absolute atomic E-state index is 11.9. The molecule has 0 amide bonds. The van der Waals surface area contributed by atoms with Gasteiger partial charge in [-0.25, -0.2) is 0 Å². The van der Waals surface area contributed by atoms with Crippen LogP contribution in [0.25, 0.3) is 0 Å². The van der Waals surface area contributed by atoms with Crippen molar-refractivity contribution in [3.05, 3.63) is 0 Å². The molecule has 2 aliphatic carbocycles. The van der Waals surface area contributed by atoms with Crippen LogP contribution in [0.5, 0.6) is 0 Å². The van der Waals surface area contributed by atoms with E-state index >= 15 is 0 Å². The molecule has 0 N–H and O–H groups in total. The number of carbonyl (C=O) groups is 1. The van der Waals surface area contributed by atoms with Crippen molar-refractivity contribution >= 4 is 5.97 Å². The zero-order valence-corrected chi connectivity index (χ0v) is 9.27. The second-order valence-corrected chi connectivity index (χ2v) is 5.34. The van der Waals surface area contributed by atoms with Crippen LogP contribution in [0.3, 0.4) is 0 Å². The van der Waals surface area contributed by atoms with Crippen LogP contribution in [0, 0.1) is 10.8 Å². The van der Waals surface area contributed by atoms with E-state index < -0.39 is 0 Å². The van der Waals surface area contributed by atoms with Crippen molar-refractivity contribution < 1.29 is 9.53 Å². The second kappa shape index (κ2) is 3.25. The van der Waals surface area contributed by atoms with Gasteiger partial charge in [0.1, 0.15) is 0 Å². The lowest BCUT2D eigenvalue weighted by Gasteiger charge is -2.35. The molecule has 2 aliphatic rings. The summed E-state index contributed by atoms with van der Waals surface area (Å²) < 4.78 is 5.21. The second-order valence-electron chi connectivity index (χ2n) is 5.34. The molecule has 0 heterocycles. The number of hydrogen-bond donors (Lipinski definition) is 0. The summed E-state index contributed by atoms with van der Waals surface area (Å²) in [4.78, 5) is 11.9. The van der Waals surface area contributed by atoms with Gasteiger partial charge >= 0.3 is 5.97 Å². The maximum Gasteiger partial charge on any atom is 0.312 e. The summed E-state index contributed by atoms with van der Waals surface area (Å²) in [5.74, 6) is 0.0726. The van der Waals surface area contributed by atoms with Gasteiger partial charge in [-0.3, -0.25) is 4.79 Å². The highest BCUT2D eigenvalue weighted by Crippen LogP contribution is 2.58. The molecule has 0 aliphatic heterocycles. The van der Waals surface area contributed by atoms with E-state index in [9.17, 15) is 4.79 Å². The molecular formula is C12H20O2. The van der Waals surface area contributed by atoms with E-state index in [1.54, 1.807) is 0 Å². The highest BCUT2D eigenvalue weighted by molar-refractivity contribution is 5.77. The number of fused-ring (bicyclic) bond motifs is 2. The smallest absolute Gasteiger partial charge is 0.312 e. The average Bonchev–Trinajstić information content (AvgIpc) is 2.39. The highest BCUT2D eigenvalue weighted by atomic mass is 16.5. The Morgan fingerprint density at radius 2 is 2.07 bits per heavy atom. The molecule has 2 fully saturated rings. The largest absolute Gasteiger partial charge is 0.466 e. The van der Waals surface area contributed by atoms with Gasteiger partial charge in [-0.15, -0.1) is 0 Å². The quantitative estimate of drug-likeness (QED) is 0.635. The molecule has 2 heteroatoms. The fourth-order valence-electron chi connectivity index (χ4n) is 3.38. The molecule has 2 saturated carbocycles. The zero-order chi connectivity index (χ0) is 10.2. The van der Waals surface area contributed by atoms with Gasteiger partial charge in [-0.2, -0.15) is 0 Å². The number of ether oxygens (including phenoxy) is 1. The Morgan fingerprint density at radius 3 is 2.79 bits per heavy atom. The van der Waals surface area contributed by atoms with Crippen LogP contribution in [-0.4, -0.2) is 12.6 Å². The summed E-state index contributed by atoms with van der Waals surface area (Å²) in [7, 11) is 0. The van der Waals surface area contributed by atoms with E-state index in [0.29, 0.717) is 12.0 Å². The molecule has 2 atom stereocenters. The van der Waals surface area contributed by atoms with E-state index in [2.05, 4.69) is 6.92 Å². The molecule has 0 aromatic carbocycles. The standard InChI is InChI=1S/C12H20O2/c1-3-14-10(13)12-6-4-5-11(2,9-12)7-8-12/h3-9H2,1-2H3. The van der Waals surface area contributed by atoms with Crippen molar-refractivity contribution in [2.24, 2.45) is 10.8 Å². The normalized spacial score (nSPS) is 41.0. The number of esters is 1. The van der Waals surface area contributed by atoms with Gasteiger partial charge in [0.05, 0.1) is 12.0 Å². The maximum atomic E-state index is 11.9. The first kappa shape index (κ1) is 10.0. The van der Waals surface area contributed by atoms with Gasteiger partial charge in [0.2, 0.25) is 0 Å². The van der Waals surface area contributed by atoms with Gasteiger partial charge in [0.25, 0.3) is 0 Å². The molecule has 0 aromatic rings. The van der Waals surface area contributed by atoms with Crippen molar-refractivity contribution in [3.8, 4) is 0 Å². The highest BCUT2D eigenvalue weighted by Gasteiger charge is 2.53. The molecular weight excluding hydrogens is 176 g/mol. The molecule has 0 spiro atoms. The molecule has 2 nitrogen and oxygen atoms in total. The Kier molecular flexibility index (Phi) is 2.32. The minimum absolute atomic E-state index is 0.0726. The summed E-state index contributed by atoms with van der Waals surface area (Å²) in [6.45, 7) is 4.75. The molecule has 2 rings (SSSR count). The van der Waals surface area contributed by atoms with Gasteiger partial charge in [-0.05, 0) is 44.4 Å². The molecule has 14 heavy (non-hydrogen) atoms. The summed E-state index contributed by atoms with van der Waals surface area (Å²) in [6.07, 6.45) is 6.90. The Balaban J connectivity index is 2.13. The SMILES string of the molecule is CCOC(=O)C12CCCC(C)(CC1)C2.